The second-order valence-electron chi connectivity index (χ2n) is 14.8. The zero-order valence-corrected chi connectivity index (χ0v) is 35.5. The first-order valence-corrected chi connectivity index (χ1v) is 21.0. The topological polar surface area (TPSA) is 144 Å². The molecule has 2 aliphatic heterocycles. The summed E-state index contributed by atoms with van der Waals surface area (Å²) in [5, 5.41) is 12.7. The van der Waals surface area contributed by atoms with E-state index in [0.29, 0.717) is 10.7 Å². The summed E-state index contributed by atoms with van der Waals surface area (Å²) in [6.07, 6.45) is 1.59. The van der Waals surface area contributed by atoms with E-state index in [1.807, 2.05) is 129 Å². The maximum absolute atomic E-state index is 14.1. The van der Waals surface area contributed by atoms with Crippen molar-refractivity contribution in [3.63, 3.8) is 0 Å². The lowest BCUT2D eigenvalue weighted by Crippen LogP contribution is -2.73. The number of hydrogen-bond donors (Lipinski definition) is 2. The summed E-state index contributed by atoms with van der Waals surface area (Å²) in [5.74, 6) is -2.24. The molecule has 2 aliphatic rings. The molecular formula is C49H44N6O7S. The van der Waals surface area contributed by atoms with E-state index >= 15 is 0 Å². The standard InChI is InChI=1S/C49H44N6O7S/c1-54(2)30-29-35-31-60-46-41(45(57)55(46)42(35)47(58)62-61-43(33-19-9-4-10-20-33)34-21-11-5-12-22-34)51-44(56)40(53-59-3)39-32-63-48(50-39)52-49(36-23-13-6-14-24-36,37-25-15-7-16-26-37)38-27-17-8-18-28-38/h4-30,32,41,43,46H,31H2,1-3H3,(H,50,52)(H,51,56). The van der Waals surface area contributed by atoms with Crippen LogP contribution in [0.2, 0.25) is 0 Å². The number of β-lactam (4-membered cyclic amide) rings is 1. The molecule has 0 bridgehead atoms. The lowest BCUT2D eigenvalue weighted by molar-refractivity contribution is -0.291. The lowest BCUT2D eigenvalue weighted by Gasteiger charge is -2.49. The summed E-state index contributed by atoms with van der Waals surface area (Å²) in [7, 11) is 4.96. The molecule has 2 amide bonds. The first-order valence-electron chi connectivity index (χ1n) is 20.1. The summed E-state index contributed by atoms with van der Waals surface area (Å²) in [6.45, 7) is -0.0669. The Morgan fingerprint density at radius 3 is 1.87 bits per heavy atom. The number of carbonyl (C=O) groups excluding carboxylic acids is 3. The molecule has 2 unspecified atom stereocenters. The highest BCUT2D eigenvalue weighted by Crippen LogP contribution is 2.41. The average molecular weight is 861 g/mol. The van der Waals surface area contributed by atoms with Crippen molar-refractivity contribution in [2.24, 2.45) is 5.16 Å². The van der Waals surface area contributed by atoms with Gasteiger partial charge >= 0.3 is 5.97 Å². The van der Waals surface area contributed by atoms with Crippen molar-refractivity contribution in [3.05, 3.63) is 214 Å². The molecule has 1 saturated heterocycles. The summed E-state index contributed by atoms with van der Waals surface area (Å²) < 4.78 is 6.10. The van der Waals surface area contributed by atoms with Crippen LogP contribution < -0.4 is 10.6 Å². The second-order valence-corrected chi connectivity index (χ2v) is 15.7. The van der Waals surface area contributed by atoms with Gasteiger partial charge in [-0.1, -0.05) is 157 Å². The highest BCUT2D eigenvalue weighted by molar-refractivity contribution is 7.14. The van der Waals surface area contributed by atoms with E-state index in [2.05, 4.69) is 52.2 Å². The van der Waals surface area contributed by atoms with Crippen LogP contribution in [0.1, 0.15) is 39.6 Å². The number of nitrogens with one attached hydrogen (secondary N) is 2. The Hall–Kier alpha value is -7.39. The predicted octanol–water partition coefficient (Wildman–Crippen LogP) is 7.17. The Kier molecular flexibility index (Phi) is 12.8. The Balaban J connectivity index is 1.03. The molecule has 2 N–H and O–H groups in total. The summed E-state index contributed by atoms with van der Waals surface area (Å²) in [6, 6.07) is 47.6. The van der Waals surface area contributed by atoms with Gasteiger partial charge in [0, 0.05) is 25.0 Å². The van der Waals surface area contributed by atoms with E-state index in [0.717, 1.165) is 27.8 Å². The molecule has 1 aromatic heterocycles. The largest absolute Gasteiger partial charge is 0.398 e. The van der Waals surface area contributed by atoms with E-state index < -0.39 is 41.7 Å². The third kappa shape index (κ3) is 8.86. The molecule has 14 heteroatoms. The van der Waals surface area contributed by atoms with Crippen LogP contribution in [0.15, 0.2) is 186 Å². The Morgan fingerprint density at radius 1 is 0.841 bits per heavy atom. The van der Waals surface area contributed by atoms with Crippen LogP contribution in [0.25, 0.3) is 0 Å². The van der Waals surface area contributed by atoms with E-state index in [9.17, 15) is 14.4 Å². The molecule has 0 spiro atoms. The molecule has 3 heterocycles. The normalized spacial score (nSPS) is 16.3. The maximum atomic E-state index is 14.1. The Bertz CT molecular complexity index is 2490. The van der Waals surface area contributed by atoms with Crippen LogP contribution in [-0.2, 0) is 39.3 Å². The quantitative estimate of drug-likeness (QED) is 0.0338. The second kappa shape index (κ2) is 19.1. The van der Waals surface area contributed by atoms with Crippen molar-refractivity contribution in [2.45, 2.75) is 23.9 Å². The van der Waals surface area contributed by atoms with Gasteiger partial charge < -0.3 is 25.1 Å². The van der Waals surface area contributed by atoms with E-state index in [1.54, 1.807) is 22.6 Å². The smallest absolute Gasteiger partial charge is 0.389 e. The summed E-state index contributed by atoms with van der Waals surface area (Å²) in [5.41, 5.74) is 3.90. The number of carbonyl (C=O) groups is 3. The number of amides is 2. The fourth-order valence-corrected chi connectivity index (χ4v) is 8.33. The summed E-state index contributed by atoms with van der Waals surface area (Å²) in [4.78, 5) is 66.4. The Morgan fingerprint density at radius 2 is 1.37 bits per heavy atom. The molecule has 8 rings (SSSR count). The van der Waals surface area contributed by atoms with E-state index in [1.165, 1.54) is 23.3 Å². The molecule has 6 aromatic rings. The minimum absolute atomic E-state index is 0.0669. The fourth-order valence-electron chi connectivity index (χ4n) is 7.58. The van der Waals surface area contributed by atoms with E-state index in [-0.39, 0.29) is 23.7 Å². The highest BCUT2D eigenvalue weighted by Gasteiger charge is 2.55. The van der Waals surface area contributed by atoms with Gasteiger partial charge in [-0.2, -0.15) is 4.89 Å². The predicted molar refractivity (Wildman–Crippen MR) is 239 cm³/mol. The van der Waals surface area contributed by atoms with Gasteiger partial charge in [0.2, 0.25) is 0 Å². The van der Waals surface area contributed by atoms with Gasteiger partial charge in [-0.15, -0.1) is 11.3 Å². The molecule has 0 radical (unpaired) electrons. The van der Waals surface area contributed by atoms with Crippen LogP contribution in [-0.4, -0.2) is 78.4 Å². The van der Waals surface area contributed by atoms with Crippen molar-refractivity contribution in [3.8, 4) is 0 Å². The average Bonchev–Trinajstić information content (AvgIpc) is 3.80. The van der Waals surface area contributed by atoms with Crippen molar-refractivity contribution in [1.29, 1.82) is 0 Å². The Labute approximate surface area is 368 Å². The number of benzene rings is 5. The number of oxime groups is 1. The van der Waals surface area contributed by atoms with E-state index in [4.69, 9.17) is 24.3 Å². The molecule has 318 valence electrons. The third-order valence-corrected chi connectivity index (χ3v) is 11.3. The van der Waals surface area contributed by atoms with Gasteiger partial charge in [0.15, 0.2) is 29.2 Å². The van der Waals surface area contributed by atoms with Crippen molar-refractivity contribution >= 4 is 40.0 Å². The van der Waals surface area contributed by atoms with Crippen molar-refractivity contribution < 1.29 is 33.7 Å². The fraction of sp³-hybridized carbons (Fsp3) is 0.163. The van der Waals surface area contributed by atoms with Crippen LogP contribution in [0, 0.1) is 0 Å². The molecular weight excluding hydrogens is 817 g/mol. The first-order chi connectivity index (χ1) is 30.8. The molecule has 1 fully saturated rings. The lowest BCUT2D eigenvalue weighted by atomic mass is 9.77. The van der Waals surface area contributed by atoms with Gasteiger partial charge in [-0.05, 0) is 40.1 Å². The van der Waals surface area contributed by atoms with Crippen molar-refractivity contribution in [1.82, 2.24) is 20.1 Å². The first kappa shape index (κ1) is 42.3. The van der Waals surface area contributed by atoms with Crippen LogP contribution in [0.3, 0.4) is 0 Å². The van der Waals surface area contributed by atoms with Gasteiger partial charge in [0.25, 0.3) is 11.8 Å². The maximum Gasteiger partial charge on any atom is 0.389 e. The SMILES string of the molecule is CON=C(C(=O)NC1C(=O)N2C(C(=O)OOC(c3ccccc3)c3ccccc3)=C(C=CN(C)C)COC12)c1csc(NC(c2ccccc2)(c2ccccc2)c2ccccc2)n1. The van der Waals surface area contributed by atoms with Crippen LogP contribution in [0.5, 0.6) is 0 Å². The minimum atomic E-state index is -1.18. The van der Waals surface area contributed by atoms with Gasteiger partial charge in [-0.25, -0.2) is 9.78 Å². The van der Waals surface area contributed by atoms with Gasteiger partial charge in [-0.3, -0.25) is 19.4 Å². The zero-order chi connectivity index (χ0) is 43.8. The number of rotatable bonds is 16. The number of ether oxygens (including phenoxy) is 1. The number of hydrogen-bond acceptors (Lipinski definition) is 12. The molecule has 0 aliphatic carbocycles. The number of thiazole rings is 1. The zero-order valence-electron chi connectivity index (χ0n) is 34.7. The minimum Gasteiger partial charge on any atom is -0.398 e. The summed E-state index contributed by atoms with van der Waals surface area (Å²) >= 11 is 1.29. The molecule has 5 aromatic carbocycles. The van der Waals surface area contributed by atoms with Crippen LogP contribution in [0.4, 0.5) is 5.13 Å². The van der Waals surface area contributed by atoms with Crippen LogP contribution >= 0.6 is 11.3 Å². The van der Waals surface area contributed by atoms with Gasteiger partial charge in [0.05, 0.1) is 6.61 Å². The van der Waals surface area contributed by atoms with Crippen molar-refractivity contribution in [2.75, 3.05) is 33.1 Å². The number of fused-ring (bicyclic) bond motifs is 1. The molecule has 2 atom stereocenters. The highest BCUT2D eigenvalue weighted by atomic mass is 32.1. The third-order valence-electron chi connectivity index (χ3n) is 10.5. The number of nitrogens with zero attached hydrogens (tertiary/aromatic N) is 4. The molecule has 63 heavy (non-hydrogen) atoms. The monoisotopic (exact) mass is 860 g/mol. The number of anilines is 1. The molecule has 0 saturated carbocycles. The molecule has 13 nitrogen and oxygen atoms in total. The number of aromatic nitrogens is 1. The van der Waals surface area contributed by atoms with Gasteiger partial charge in [0.1, 0.15) is 24.0 Å².